The van der Waals surface area contributed by atoms with E-state index in [2.05, 4.69) is 30.8 Å². The Hall–Kier alpha value is -4.21. The molecule has 0 unspecified atom stereocenters. The maximum absolute atomic E-state index is 12.2. The molecular weight excluding hydrogens is 396 g/mol. The fourth-order valence-electron chi connectivity index (χ4n) is 3.16. The first kappa shape index (κ1) is 20.1. The van der Waals surface area contributed by atoms with Crippen molar-refractivity contribution in [1.29, 1.82) is 0 Å². The highest BCUT2D eigenvalue weighted by Gasteiger charge is 2.17. The molecule has 0 radical (unpaired) electrons. The first-order valence-corrected chi connectivity index (χ1v) is 9.52. The van der Waals surface area contributed by atoms with E-state index in [0.29, 0.717) is 40.1 Å². The van der Waals surface area contributed by atoms with Gasteiger partial charge in [0.15, 0.2) is 23.2 Å². The van der Waals surface area contributed by atoms with Crippen molar-refractivity contribution < 1.29 is 9.53 Å². The summed E-state index contributed by atoms with van der Waals surface area (Å²) in [6, 6.07) is 9.21. The smallest absolute Gasteiger partial charge is 0.184 e. The maximum atomic E-state index is 12.2. The molecule has 0 bridgehead atoms. The molecule has 10 nitrogen and oxygen atoms in total. The number of para-hydroxylation sites is 1. The van der Waals surface area contributed by atoms with Crippen LogP contribution in [0.15, 0.2) is 49.1 Å². The number of aryl methyl sites for hydroxylation is 2. The lowest BCUT2D eigenvalue weighted by atomic mass is 10.1. The molecule has 4 rings (SSSR count). The van der Waals surface area contributed by atoms with Crippen molar-refractivity contribution in [3.8, 4) is 17.1 Å². The third-order valence-electron chi connectivity index (χ3n) is 4.58. The number of hydrogen-bond donors (Lipinski definition) is 2. The maximum Gasteiger partial charge on any atom is 0.184 e. The van der Waals surface area contributed by atoms with Crippen molar-refractivity contribution in [3.63, 3.8) is 0 Å². The van der Waals surface area contributed by atoms with E-state index >= 15 is 0 Å². The number of aromatic nitrogens is 6. The number of rotatable bonds is 7. The number of pyridine rings is 1. The third-order valence-corrected chi connectivity index (χ3v) is 4.58. The van der Waals surface area contributed by atoms with Crippen molar-refractivity contribution >= 4 is 28.8 Å². The van der Waals surface area contributed by atoms with Gasteiger partial charge in [0.1, 0.15) is 12.1 Å². The van der Waals surface area contributed by atoms with Crippen LogP contribution in [0.2, 0.25) is 0 Å². The number of ketones is 1. The average Bonchev–Trinajstić information content (AvgIpc) is 3.35. The Morgan fingerprint density at radius 3 is 2.48 bits per heavy atom. The minimum Gasteiger partial charge on any atom is -0.494 e. The van der Waals surface area contributed by atoms with Crippen LogP contribution in [0, 0.1) is 0 Å². The van der Waals surface area contributed by atoms with E-state index in [9.17, 15) is 4.79 Å². The number of nitrogens with zero attached hydrogens (tertiary/aromatic N) is 6. The average molecular weight is 418 g/mol. The van der Waals surface area contributed by atoms with E-state index in [1.54, 1.807) is 35.9 Å². The van der Waals surface area contributed by atoms with Crippen molar-refractivity contribution in [2.45, 2.75) is 6.92 Å². The lowest BCUT2D eigenvalue weighted by Gasteiger charge is -2.16. The van der Waals surface area contributed by atoms with Crippen LogP contribution in [0.4, 0.5) is 23.0 Å². The Balaban J connectivity index is 1.72. The van der Waals surface area contributed by atoms with Gasteiger partial charge in [-0.3, -0.25) is 14.2 Å². The number of Topliss-reactive ketones (excluding diaryl/α,β-unsaturated/α-hetero) is 1. The molecule has 3 aromatic heterocycles. The quantitative estimate of drug-likeness (QED) is 0.440. The largest absolute Gasteiger partial charge is 0.494 e. The number of nitrogens with one attached hydrogen (secondary N) is 2. The zero-order valence-corrected chi connectivity index (χ0v) is 17.6. The Kier molecular flexibility index (Phi) is 5.35. The van der Waals surface area contributed by atoms with Gasteiger partial charge in [-0.25, -0.2) is 9.97 Å². The van der Waals surface area contributed by atoms with Gasteiger partial charge in [-0.1, -0.05) is 6.07 Å². The first-order valence-electron chi connectivity index (χ1n) is 9.52. The highest BCUT2D eigenvalue weighted by Crippen LogP contribution is 2.37. The molecule has 0 aliphatic carbocycles. The second-order valence-corrected chi connectivity index (χ2v) is 6.92. The van der Waals surface area contributed by atoms with Crippen LogP contribution in [-0.2, 0) is 14.1 Å². The van der Waals surface area contributed by atoms with E-state index in [1.165, 1.54) is 13.1 Å². The molecule has 0 saturated heterocycles. The minimum absolute atomic E-state index is 0.110. The van der Waals surface area contributed by atoms with E-state index in [4.69, 9.17) is 4.74 Å². The summed E-state index contributed by atoms with van der Waals surface area (Å²) in [6.07, 6.45) is 4.99. The number of carbonyl (C=O) groups is 1. The molecule has 0 aliphatic rings. The van der Waals surface area contributed by atoms with Gasteiger partial charge in [0.2, 0.25) is 0 Å². The molecule has 158 valence electrons. The molecule has 4 aromatic rings. The number of benzene rings is 1. The topological polar surface area (TPSA) is 112 Å². The van der Waals surface area contributed by atoms with E-state index in [0.717, 1.165) is 5.56 Å². The standard InChI is InChI=1S/C21H22N8O2/c1-13(30)15-11-22-19(25-18-8-9-28(2)26-18)10-17(15)24-16-7-5-6-14(20(16)31-4)21-23-12-29(3)27-21/h5-12H,1-4H3,(H2,22,24,25,26). The zero-order valence-electron chi connectivity index (χ0n) is 17.6. The predicted octanol–water partition coefficient (Wildman–Crippen LogP) is 3.31. The van der Waals surface area contributed by atoms with E-state index in [1.807, 2.05) is 37.5 Å². The lowest BCUT2D eigenvalue weighted by Crippen LogP contribution is -2.05. The van der Waals surface area contributed by atoms with Crippen molar-refractivity contribution in [2.75, 3.05) is 17.7 Å². The summed E-state index contributed by atoms with van der Waals surface area (Å²) in [5.74, 6) is 2.20. The number of ether oxygens (including phenoxy) is 1. The monoisotopic (exact) mass is 418 g/mol. The molecule has 1 aromatic carbocycles. The summed E-state index contributed by atoms with van der Waals surface area (Å²) >= 11 is 0. The van der Waals surface area contributed by atoms with Gasteiger partial charge in [-0.15, -0.1) is 0 Å². The molecule has 2 N–H and O–H groups in total. The molecule has 0 spiro atoms. The molecular formula is C21H22N8O2. The number of carbonyl (C=O) groups excluding carboxylic acids is 1. The van der Waals surface area contributed by atoms with Crippen LogP contribution in [0.3, 0.4) is 0 Å². The second kappa shape index (κ2) is 8.27. The Morgan fingerprint density at radius 2 is 1.84 bits per heavy atom. The van der Waals surface area contributed by atoms with Gasteiger partial charge in [-0.05, 0) is 19.1 Å². The van der Waals surface area contributed by atoms with E-state index < -0.39 is 0 Å². The first-order chi connectivity index (χ1) is 14.9. The fraction of sp³-hybridized carbons (Fsp3) is 0.190. The van der Waals surface area contributed by atoms with Gasteiger partial charge in [0.25, 0.3) is 0 Å². The summed E-state index contributed by atoms with van der Waals surface area (Å²) in [5.41, 5.74) is 2.45. The highest BCUT2D eigenvalue weighted by molar-refractivity contribution is 6.00. The fourth-order valence-corrected chi connectivity index (χ4v) is 3.16. The summed E-state index contributed by atoms with van der Waals surface area (Å²) in [7, 11) is 5.22. The normalized spacial score (nSPS) is 10.7. The SMILES string of the molecule is COc1c(Nc2cc(Nc3ccn(C)n3)ncc2C(C)=O)cccc1-c1ncn(C)n1. The second-order valence-electron chi connectivity index (χ2n) is 6.92. The summed E-state index contributed by atoms with van der Waals surface area (Å²) < 4.78 is 8.97. The van der Waals surface area contributed by atoms with Crippen molar-refractivity contribution in [1.82, 2.24) is 29.5 Å². The Bertz CT molecular complexity index is 1240. The van der Waals surface area contributed by atoms with Crippen molar-refractivity contribution in [2.24, 2.45) is 14.1 Å². The van der Waals surface area contributed by atoms with Gasteiger partial charge in [-0.2, -0.15) is 10.2 Å². The predicted molar refractivity (Wildman–Crippen MR) is 117 cm³/mol. The molecule has 10 heteroatoms. The molecule has 0 amide bonds. The van der Waals surface area contributed by atoms with Crippen molar-refractivity contribution in [3.05, 3.63) is 54.6 Å². The summed E-state index contributed by atoms with van der Waals surface area (Å²) in [5, 5.41) is 15.1. The number of anilines is 4. The van der Waals surface area contributed by atoms with Gasteiger partial charge in [0, 0.05) is 38.6 Å². The molecule has 0 saturated carbocycles. The van der Waals surface area contributed by atoms with Gasteiger partial charge in [0.05, 0.1) is 29.6 Å². The van der Waals surface area contributed by atoms with Crippen LogP contribution in [0.25, 0.3) is 11.4 Å². The number of hydrogen-bond acceptors (Lipinski definition) is 8. The number of methoxy groups -OCH3 is 1. The van der Waals surface area contributed by atoms with Crippen LogP contribution < -0.4 is 15.4 Å². The zero-order chi connectivity index (χ0) is 22.0. The van der Waals surface area contributed by atoms with Gasteiger partial charge < -0.3 is 15.4 Å². The van der Waals surface area contributed by atoms with Gasteiger partial charge >= 0.3 is 0 Å². The Labute approximate surface area is 178 Å². The van der Waals surface area contributed by atoms with Crippen LogP contribution >= 0.6 is 0 Å². The molecule has 3 heterocycles. The summed E-state index contributed by atoms with van der Waals surface area (Å²) in [6.45, 7) is 1.50. The highest BCUT2D eigenvalue weighted by atomic mass is 16.5. The molecule has 0 fully saturated rings. The minimum atomic E-state index is -0.110. The van der Waals surface area contributed by atoms with Crippen LogP contribution in [0.5, 0.6) is 5.75 Å². The molecule has 0 aliphatic heterocycles. The Morgan fingerprint density at radius 1 is 1.00 bits per heavy atom. The van der Waals surface area contributed by atoms with E-state index in [-0.39, 0.29) is 5.78 Å². The molecule has 31 heavy (non-hydrogen) atoms. The third kappa shape index (κ3) is 4.22. The lowest BCUT2D eigenvalue weighted by molar-refractivity contribution is 0.101. The van der Waals surface area contributed by atoms with Crippen LogP contribution in [0.1, 0.15) is 17.3 Å². The molecule has 0 atom stereocenters. The van der Waals surface area contributed by atoms with Crippen LogP contribution in [-0.4, -0.2) is 42.4 Å². The summed E-state index contributed by atoms with van der Waals surface area (Å²) in [4.78, 5) is 20.9.